The molecule has 1 aliphatic heterocycles. The Hall–Kier alpha value is -1.06. The van der Waals surface area contributed by atoms with Gasteiger partial charge in [-0.1, -0.05) is 56.4 Å². The average Bonchev–Trinajstić information content (AvgIpc) is 3.16. The van der Waals surface area contributed by atoms with Gasteiger partial charge < -0.3 is 24.7 Å². The van der Waals surface area contributed by atoms with Crippen LogP contribution < -0.4 is 15.2 Å². The Morgan fingerprint density at radius 3 is 2.42 bits per heavy atom. The summed E-state index contributed by atoms with van der Waals surface area (Å²) in [6, 6.07) is 5.80. The van der Waals surface area contributed by atoms with Crippen molar-refractivity contribution in [3.8, 4) is 11.5 Å². The number of ether oxygens (including phenoxy) is 4. The largest absolute Gasteiger partial charge is 0.493 e. The normalized spacial score (nSPS) is 20.4. The van der Waals surface area contributed by atoms with Gasteiger partial charge >= 0.3 is 5.97 Å². The Kier molecular flexibility index (Phi) is 11.2. The van der Waals surface area contributed by atoms with Crippen LogP contribution in [0.2, 0.25) is 0 Å². The third-order valence-electron chi connectivity index (χ3n) is 7.18. The molecule has 2 rings (SSSR count). The molecule has 0 bridgehead atoms. The van der Waals surface area contributed by atoms with E-state index in [0.717, 1.165) is 37.7 Å². The first-order valence-corrected chi connectivity index (χ1v) is 13.4. The second-order valence-corrected chi connectivity index (χ2v) is 11.0. The van der Waals surface area contributed by atoms with Crippen molar-refractivity contribution in [2.45, 2.75) is 75.9 Å². The average molecular weight is 576 g/mol. The van der Waals surface area contributed by atoms with Crippen LogP contribution >= 0.6 is 22.6 Å². The van der Waals surface area contributed by atoms with Crippen LogP contribution in [0.4, 0.5) is 0 Å². The number of methoxy groups -OCH3 is 2. The lowest BCUT2D eigenvalue weighted by molar-refractivity contribution is -0.149. The molecule has 1 aliphatic rings. The van der Waals surface area contributed by atoms with E-state index in [4.69, 9.17) is 24.7 Å². The van der Waals surface area contributed by atoms with E-state index in [1.807, 2.05) is 18.2 Å². The zero-order valence-corrected chi connectivity index (χ0v) is 23.2. The van der Waals surface area contributed by atoms with E-state index >= 15 is 0 Å². The molecule has 0 radical (unpaired) electrons. The van der Waals surface area contributed by atoms with Gasteiger partial charge in [-0.15, -0.1) is 0 Å². The summed E-state index contributed by atoms with van der Waals surface area (Å²) in [5.74, 6) is 1.98. The maximum atomic E-state index is 12.6. The third kappa shape index (κ3) is 6.98. The number of cyclic esters (lactones) is 1. The lowest BCUT2D eigenvalue weighted by atomic mass is 9.77. The Labute approximate surface area is 213 Å². The van der Waals surface area contributed by atoms with Crippen LogP contribution in [-0.4, -0.2) is 43.4 Å². The van der Waals surface area contributed by atoms with E-state index in [1.54, 1.807) is 14.2 Å². The van der Waals surface area contributed by atoms with E-state index in [-0.39, 0.29) is 33.4 Å². The molecule has 0 amide bonds. The zero-order chi connectivity index (χ0) is 24.6. The predicted molar refractivity (Wildman–Crippen MR) is 140 cm³/mol. The van der Waals surface area contributed by atoms with Gasteiger partial charge in [0.25, 0.3) is 0 Å². The van der Waals surface area contributed by atoms with Gasteiger partial charge in [0.15, 0.2) is 11.5 Å². The molecule has 6 nitrogen and oxygen atoms in total. The van der Waals surface area contributed by atoms with Gasteiger partial charge in [0, 0.05) is 36.5 Å². The van der Waals surface area contributed by atoms with Crippen LogP contribution in [0.3, 0.4) is 0 Å². The monoisotopic (exact) mass is 575 g/mol. The summed E-state index contributed by atoms with van der Waals surface area (Å²) in [5.41, 5.74) is 7.53. The van der Waals surface area contributed by atoms with Crippen LogP contribution in [0.15, 0.2) is 18.2 Å². The maximum Gasteiger partial charge on any atom is 0.312 e. The first-order valence-electron chi connectivity index (χ1n) is 12.1. The highest BCUT2D eigenvalue weighted by Crippen LogP contribution is 2.44. The molecule has 4 atom stereocenters. The number of nitrogens with two attached hydrogens (primary N) is 1. The van der Waals surface area contributed by atoms with E-state index < -0.39 is 0 Å². The van der Waals surface area contributed by atoms with Crippen LogP contribution in [0.25, 0.3) is 0 Å². The molecule has 1 saturated heterocycles. The molecule has 0 aromatic heterocycles. The number of esters is 1. The molecule has 0 saturated carbocycles. The number of halogens is 1. The second-order valence-electron chi connectivity index (χ2n) is 9.43. The van der Waals surface area contributed by atoms with Crippen molar-refractivity contribution < 1.29 is 23.7 Å². The highest BCUT2D eigenvalue weighted by atomic mass is 127. The number of alkyl halides is 1. The van der Waals surface area contributed by atoms with Crippen molar-refractivity contribution in [2.24, 2.45) is 23.0 Å². The molecular formula is C26H42INO5. The highest BCUT2D eigenvalue weighted by Gasteiger charge is 2.48. The molecule has 1 heterocycles. The summed E-state index contributed by atoms with van der Waals surface area (Å²) >= 11 is 2.46. The van der Waals surface area contributed by atoms with Crippen LogP contribution in [0.1, 0.15) is 71.4 Å². The molecule has 0 aliphatic carbocycles. The Balaban J connectivity index is 2.14. The number of hydrogen-bond donors (Lipinski definition) is 1. The molecule has 1 aromatic rings. The molecular weight excluding hydrogens is 533 g/mol. The second kappa shape index (κ2) is 13.1. The quantitative estimate of drug-likeness (QED) is 0.133. The minimum Gasteiger partial charge on any atom is -0.493 e. The fourth-order valence-electron chi connectivity index (χ4n) is 4.69. The van der Waals surface area contributed by atoms with Crippen molar-refractivity contribution in [1.82, 2.24) is 0 Å². The fourth-order valence-corrected chi connectivity index (χ4v) is 5.68. The first kappa shape index (κ1) is 28.2. The summed E-state index contributed by atoms with van der Waals surface area (Å²) < 4.78 is 22.6. The van der Waals surface area contributed by atoms with Crippen molar-refractivity contribution >= 4 is 28.6 Å². The lowest BCUT2D eigenvalue weighted by Gasteiger charge is -2.31. The summed E-state index contributed by atoms with van der Waals surface area (Å²) in [7, 11) is 3.33. The van der Waals surface area contributed by atoms with Gasteiger partial charge in [-0.3, -0.25) is 4.79 Å². The Bertz CT molecular complexity index is 752. The van der Waals surface area contributed by atoms with Gasteiger partial charge in [0.05, 0.1) is 19.1 Å². The summed E-state index contributed by atoms with van der Waals surface area (Å²) in [6.45, 7) is 9.79. The van der Waals surface area contributed by atoms with Gasteiger partial charge in [-0.25, -0.2) is 0 Å². The minimum atomic E-state index is -0.325. The van der Waals surface area contributed by atoms with Crippen molar-refractivity contribution in [2.75, 3.05) is 27.4 Å². The van der Waals surface area contributed by atoms with Crippen LogP contribution in [0, 0.1) is 17.3 Å². The van der Waals surface area contributed by atoms with E-state index in [1.165, 1.54) is 0 Å². The van der Waals surface area contributed by atoms with Gasteiger partial charge in [0.1, 0.15) is 6.10 Å². The van der Waals surface area contributed by atoms with Gasteiger partial charge in [-0.2, -0.15) is 0 Å². The molecule has 33 heavy (non-hydrogen) atoms. The van der Waals surface area contributed by atoms with E-state index in [0.29, 0.717) is 30.6 Å². The van der Waals surface area contributed by atoms with E-state index in [9.17, 15) is 4.79 Å². The maximum absolute atomic E-state index is 12.6. The van der Waals surface area contributed by atoms with Crippen molar-refractivity contribution in [3.05, 3.63) is 23.8 Å². The molecule has 2 N–H and O–H groups in total. The first-order chi connectivity index (χ1) is 15.7. The molecule has 1 aromatic carbocycles. The summed E-state index contributed by atoms with van der Waals surface area (Å²) in [4.78, 5) is 12.6. The van der Waals surface area contributed by atoms with E-state index in [2.05, 4.69) is 50.3 Å². The van der Waals surface area contributed by atoms with Gasteiger partial charge in [0.2, 0.25) is 0 Å². The fraction of sp³-hybridized carbons (Fsp3) is 0.731. The lowest BCUT2D eigenvalue weighted by Crippen LogP contribution is -2.32. The topological polar surface area (TPSA) is 80.0 Å². The number of carbonyl (C=O) groups excluding carboxylic acids is 1. The number of rotatable bonds is 14. The Morgan fingerprint density at radius 2 is 1.88 bits per heavy atom. The SMILES string of the molecule is CCC1(CC)C[C@@H]([C@@H](I)C[C@@H](C(C)C)C(N)c2ccc(OC)c(OCCCOC)c2)OC1=O. The zero-order valence-electron chi connectivity index (χ0n) is 21.1. The van der Waals surface area contributed by atoms with Crippen LogP contribution in [-0.2, 0) is 14.3 Å². The molecule has 7 heteroatoms. The van der Waals surface area contributed by atoms with Gasteiger partial charge in [-0.05, 0) is 48.8 Å². The minimum absolute atomic E-state index is 0.0324. The standard InChI is InChI=1S/C26H42INO5/c1-7-26(8-2)16-23(33-25(26)29)20(27)15-19(17(3)4)24(28)18-10-11-21(31-6)22(14-18)32-13-9-12-30-5/h10-11,14,17,19-20,23-24H,7-9,12-13,15-16,28H2,1-6H3/t19-,20-,23-,24?/m0/s1. The highest BCUT2D eigenvalue weighted by molar-refractivity contribution is 14.1. The van der Waals surface area contributed by atoms with Crippen LogP contribution in [0.5, 0.6) is 11.5 Å². The summed E-state index contributed by atoms with van der Waals surface area (Å²) in [5, 5.41) is 0. The van der Waals surface area contributed by atoms with Crippen molar-refractivity contribution in [1.29, 1.82) is 0 Å². The molecule has 1 fully saturated rings. The summed E-state index contributed by atoms with van der Waals surface area (Å²) in [6.07, 6.45) is 4.09. The molecule has 188 valence electrons. The molecule has 1 unspecified atom stereocenters. The number of benzene rings is 1. The van der Waals surface area contributed by atoms with Crippen molar-refractivity contribution in [3.63, 3.8) is 0 Å². The third-order valence-corrected chi connectivity index (χ3v) is 8.49. The Morgan fingerprint density at radius 1 is 1.18 bits per heavy atom. The number of hydrogen-bond acceptors (Lipinski definition) is 6. The number of carbonyl (C=O) groups is 1. The molecule has 0 spiro atoms. The smallest absolute Gasteiger partial charge is 0.312 e. The predicted octanol–water partition coefficient (Wildman–Crippen LogP) is 5.70.